The minimum absolute atomic E-state index is 0.168. The third-order valence-corrected chi connectivity index (χ3v) is 7.17. The normalized spacial score (nSPS) is 18.7. The summed E-state index contributed by atoms with van der Waals surface area (Å²) in [5.74, 6) is 8.44. The molecule has 0 unspecified atom stereocenters. The molecular weight excluding hydrogens is 464 g/mol. The maximum Gasteiger partial charge on any atom is 0.206 e. The van der Waals surface area contributed by atoms with Crippen LogP contribution < -0.4 is 15.5 Å². The fourth-order valence-corrected chi connectivity index (χ4v) is 5.02. The standard InChI is InChI=1S/C28H34N8O/c1-21-12-17-35(24-20-23(32-33-28(24)29)22-8-3-4-9-25(22)37)18-19-36(21)27-11-13-30-26(31-27)10-7-16-34-14-5-2-6-15-34/h3-4,8-9,11,13,20-21,37H,2,5-6,12,14-19H2,1H3,(H2,29,33)/t21-/m0/s1. The minimum atomic E-state index is 0.168. The van der Waals surface area contributed by atoms with E-state index in [9.17, 15) is 5.11 Å². The molecule has 0 spiro atoms. The van der Waals surface area contributed by atoms with Gasteiger partial charge in [0.25, 0.3) is 0 Å². The molecule has 37 heavy (non-hydrogen) atoms. The number of nitrogen functional groups attached to an aromatic ring is 1. The third-order valence-electron chi connectivity index (χ3n) is 7.17. The van der Waals surface area contributed by atoms with E-state index in [-0.39, 0.29) is 11.8 Å². The van der Waals surface area contributed by atoms with Crippen LogP contribution in [0.4, 0.5) is 17.3 Å². The number of piperidine rings is 1. The smallest absolute Gasteiger partial charge is 0.206 e. The van der Waals surface area contributed by atoms with Crippen molar-refractivity contribution in [3.8, 4) is 28.8 Å². The fourth-order valence-electron chi connectivity index (χ4n) is 5.02. The molecule has 2 aromatic heterocycles. The van der Waals surface area contributed by atoms with Crippen molar-refractivity contribution in [2.75, 3.05) is 54.8 Å². The number of anilines is 3. The molecule has 5 rings (SSSR count). The predicted molar refractivity (Wildman–Crippen MR) is 146 cm³/mol. The highest BCUT2D eigenvalue weighted by atomic mass is 16.3. The van der Waals surface area contributed by atoms with Gasteiger partial charge in [0.15, 0.2) is 5.82 Å². The van der Waals surface area contributed by atoms with Gasteiger partial charge >= 0.3 is 0 Å². The number of aromatic hydroxyl groups is 1. The molecule has 0 amide bonds. The van der Waals surface area contributed by atoms with Gasteiger partial charge in [-0.1, -0.05) is 24.5 Å². The Morgan fingerprint density at radius 2 is 1.86 bits per heavy atom. The number of phenolic OH excluding ortho intramolecular Hbond substituents is 1. The van der Waals surface area contributed by atoms with Gasteiger partial charge in [0, 0.05) is 37.4 Å². The molecule has 192 valence electrons. The van der Waals surface area contributed by atoms with Gasteiger partial charge in [-0.05, 0) is 69.5 Å². The lowest BCUT2D eigenvalue weighted by molar-refractivity contribution is 0.255. The van der Waals surface area contributed by atoms with Gasteiger partial charge < -0.3 is 20.6 Å². The van der Waals surface area contributed by atoms with Gasteiger partial charge in [0.1, 0.15) is 11.6 Å². The average molecular weight is 499 g/mol. The molecule has 9 heteroatoms. The van der Waals surface area contributed by atoms with Gasteiger partial charge in [0.05, 0.1) is 17.9 Å². The number of phenols is 1. The van der Waals surface area contributed by atoms with Crippen LogP contribution >= 0.6 is 0 Å². The van der Waals surface area contributed by atoms with E-state index in [1.165, 1.54) is 19.3 Å². The summed E-state index contributed by atoms with van der Waals surface area (Å²) < 4.78 is 0. The van der Waals surface area contributed by atoms with E-state index in [0.29, 0.717) is 22.9 Å². The lowest BCUT2D eigenvalue weighted by Crippen LogP contribution is -2.35. The molecule has 2 fully saturated rings. The molecule has 9 nitrogen and oxygen atoms in total. The highest BCUT2D eigenvalue weighted by molar-refractivity contribution is 5.74. The molecule has 0 saturated carbocycles. The number of hydrogen-bond acceptors (Lipinski definition) is 9. The lowest BCUT2D eigenvalue weighted by atomic mass is 10.1. The van der Waals surface area contributed by atoms with Gasteiger partial charge in [-0.3, -0.25) is 4.90 Å². The fraction of sp³-hybridized carbons (Fsp3) is 0.429. The Bertz CT molecular complexity index is 1280. The summed E-state index contributed by atoms with van der Waals surface area (Å²) in [6, 6.07) is 11.3. The van der Waals surface area contributed by atoms with E-state index in [1.807, 2.05) is 24.3 Å². The molecule has 0 radical (unpaired) electrons. The molecule has 0 aliphatic carbocycles. The van der Waals surface area contributed by atoms with Crippen LogP contribution in [0.15, 0.2) is 42.6 Å². The summed E-state index contributed by atoms with van der Waals surface area (Å²) in [7, 11) is 0. The Morgan fingerprint density at radius 1 is 1.03 bits per heavy atom. The number of benzene rings is 1. The van der Waals surface area contributed by atoms with E-state index in [0.717, 1.165) is 57.2 Å². The Morgan fingerprint density at radius 3 is 2.70 bits per heavy atom. The number of para-hydroxylation sites is 1. The molecular formula is C28H34N8O. The molecule has 4 heterocycles. The number of aromatic nitrogens is 4. The zero-order valence-electron chi connectivity index (χ0n) is 21.3. The molecule has 1 atom stereocenters. The zero-order chi connectivity index (χ0) is 25.6. The van der Waals surface area contributed by atoms with Crippen LogP contribution in [0.1, 0.15) is 38.4 Å². The van der Waals surface area contributed by atoms with Crippen molar-refractivity contribution < 1.29 is 5.11 Å². The van der Waals surface area contributed by atoms with Crippen LogP contribution in [0.5, 0.6) is 5.75 Å². The summed E-state index contributed by atoms with van der Waals surface area (Å²) in [5.41, 5.74) is 8.32. The molecule has 3 N–H and O–H groups in total. The Labute approximate surface area is 218 Å². The monoisotopic (exact) mass is 498 g/mol. The first kappa shape index (κ1) is 24.8. The van der Waals surface area contributed by atoms with E-state index in [1.54, 1.807) is 18.3 Å². The van der Waals surface area contributed by atoms with Crippen molar-refractivity contribution >= 4 is 17.3 Å². The summed E-state index contributed by atoms with van der Waals surface area (Å²) in [6.45, 7) is 7.59. The van der Waals surface area contributed by atoms with Crippen LogP contribution in [0.25, 0.3) is 11.3 Å². The highest BCUT2D eigenvalue weighted by Crippen LogP contribution is 2.32. The number of nitrogens with zero attached hydrogens (tertiary/aromatic N) is 7. The second kappa shape index (κ2) is 11.4. The first-order valence-electron chi connectivity index (χ1n) is 13.1. The summed E-state index contributed by atoms with van der Waals surface area (Å²) in [6.07, 6.45) is 6.56. The SMILES string of the molecule is C[C@H]1CCN(c2cc(-c3ccccc3O)nnc2N)CCN1c1ccnc(C#CCN2CCCCC2)n1. The molecule has 2 saturated heterocycles. The summed E-state index contributed by atoms with van der Waals surface area (Å²) >= 11 is 0. The number of rotatable bonds is 4. The van der Waals surface area contributed by atoms with Crippen LogP contribution in [0.2, 0.25) is 0 Å². The quantitative estimate of drug-likeness (QED) is 0.525. The van der Waals surface area contributed by atoms with E-state index >= 15 is 0 Å². The highest BCUT2D eigenvalue weighted by Gasteiger charge is 2.24. The van der Waals surface area contributed by atoms with E-state index in [2.05, 4.69) is 48.6 Å². The third kappa shape index (κ3) is 5.92. The maximum absolute atomic E-state index is 10.3. The Hall–Kier alpha value is -3.90. The Balaban J connectivity index is 1.30. The molecule has 3 aromatic rings. The van der Waals surface area contributed by atoms with Crippen molar-refractivity contribution in [1.82, 2.24) is 25.1 Å². The van der Waals surface area contributed by atoms with Crippen molar-refractivity contribution in [3.63, 3.8) is 0 Å². The van der Waals surface area contributed by atoms with Gasteiger partial charge in [-0.15, -0.1) is 10.2 Å². The van der Waals surface area contributed by atoms with Crippen LogP contribution in [-0.4, -0.2) is 75.5 Å². The van der Waals surface area contributed by atoms with Gasteiger partial charge in [0.2, 0.25) is 5.82 Å². The zero-order valence-corrected chi connectivity index (χ0v) is 21.3. The molecule has 2 aliphatic heterocycles. The first-order valence-corrected chi connectivity index (χ1v) is 13.1. The van der Waals surface area contributed by atoms with E-state index < -0.39 is 0 Å². The second-order valence-corrected chi connectivity index (χ2v) is 9.71. The van der Waals surface area contributed by atoms with Gasteiger partial charge in [-0.2, -0.15) is 0 Å². The maximum atomic E-state index is 10.3. The topological polar surface area (TPSA) is 108 Å². The molecule has 2 aliphatic rings. The second-order valence-electron chi connectivity index (χ2n) is 9.71. The Kier molecular flexibility index (Phi) is 7.66. The number of nitrogens with two attached hydrogens (primary N) is 1. The first-order chi connectivity index (χ1) is 18.1. The van der Waals surface area contributed by atoms with Crippen LogP contribution in [-0.2, 0) is 0 Å². The van der Waals surface area contributed by atoms with Crippen molar-refractivity contribution in [2.45, 2.75) is 38.6 Å². The molecule has 1 aromatic carbocycles. The number of likely N-dealkylation sites (tertiary alicyclic amines) is 1. The number of hydrogen-bond donors (Lipinski definition) is 2. The van der Waals surface area contributed by atoms with Crippen molar-refractivity contribution in [1.29, 1.82) is 0 Å². The minimum Gasteiger partial charge on any atom is -0.507 e. The molecule has 0 bridgehead atoms. The lowest BCUT2D eigenvalue weighted by Gasteiger charge is -2.28. The summed E-state index contributed by atoms with van der Waals surface area (Å²) in [4.78, 5) is 16.1. The largest absolute Gasteiger partial charge is 0.507 e. The van der Waals surface area contributed by atoms with Crippen LogP contribution in [0, 0.1) is 11.8 Å². The van der Waals surface area contributed by atoms with E-state index in [4.69, 9.17) is 10.7 Å². The van der Waals surface area contributed by atoms with Crippen LogP contribution in [0.3, 0.4) is 0 Å². The average Bonchev–Trinajstić information content (AvgIpc) is 3.12. The van der Waals surface area contributed by atoms with Crippen molar-refractivity contribution in [3.05, 3.63) is 48.4 Å². The predicted octanol–water partition coefficient (Wildman–Crippen LogP) is 3.16. The van der Waals surface area contributed by atoms with Gasteiger partial charge in [-0.25, -0.2) is 9.97 Å². The van der Waals surface area contributed by atoms with Crippen molar-refractivity contribution in [2.24, 2.45) is 0 Å². The summed E-state index contributed by atoms with van der Waals surface area (Å²) in [5, 5.41) is 18.7.